The van der Waals surface area contributed by atoms with Crippen molar-refractivity contribution in [1.82, 2.24) is 4.90 Å². The second-order valence-corrected chi connectivity index (χ2v) is 3.58. The molecule has 0 aromatic carbocycles. The molecule has 1 aliphatic rings. The summed E-state index contributed by atoms with van der Waals surface area (Å²) >= 11 is 0. The summed E-state index contributed by atoms with van der Waals surface area (Å²) in [6, 6.07) is 0. The van der Waals surface area contributed by atoms with Crippen molar-refractivity contribution in [2.45, 2.75) is 26.2 Å². The molecule has 0 N–H and O–H groups in total. The lowest BCUT2D eigenvalue weighted by molar-refractivity contribution is -0.112. The Morgan fingerprint density at radius 3 is 2.64 bits per heavy atom. The van der Waals surface area contributed by atoms with E-state index in [1.54, 1.807) is 4.90 Å². The van der Waals surface area contributed by atoms with Gasteiger partial charge in [-0.3, -0.25) is 0 Å². The first-order chi connectivity index (χ1) is 6.77. The molecule has 0 aliphatic carbocycles. The number of carbonyl (C=O) groups is 2. The normalized spacial score (nSPS) is 17.9. The Morgan fingerprint density at radius 1 is 1.50 bits per heavy atom. The summed E-state index contributed by atoms with van der Waals surface area (Å²) < 4.78 is 5.03. The maximum Gasteiger partial charge on any atom is 0.409 e. The second-order valence-electron chi connectivity index (χ2n) is 3.58. The molecule has 1 aliphatic heterocycles. The lowest BCUT2D eigenvalue weighted by atomic mass is 10.1. The van der Waals surface area contributed by atoms with Crippen LogP contribution in [0.3, 0.4) is 0 Å². The van der Waals surface area contributed by atoms with Crippen LogP contribution in [0.4, 0.5) is 4.79 Å². The molecule has 0 aromatic rings. The molecule has 1 amide bonds. The Hall–Kier alpha value is -1.06. The van der Waals surface area contributed by atoms with E-state index >= 15 is 0 Å². The van der Waals surface area contributed by atoms with E-state index in [0.717, 1.165) is 38.6 Å². The minimum absolute atomic E-state index is 0.151. The zero-order valence-electron chi connectivity index (χ0n) is 8.57. The second kappa shape index (κ2) is 5.62. The van der Waals surface area contributed by atoms with E-state index in [-0.39, 0.29) is 18.6 Å². The fourth-order valence-corrected chi connectivity index (χ4v) is 1.42. The number of aldehydes is 1. The minimum atomic E-state index is -0.275. The third-order valence-electron chi connectivity index (χ3n) is 2.50. The standard InChI is InChI=1S/C10H17NO3/c1-2-9(7-12)8-14-10(13)11-5-3-4-6-11/h7,9H,2-6,8H2,1H3. The van der Waals surface area contributed by atoms with Crippen molar-refractivity contribution >= 4 is 12.4 Å². The molecule has 0 aromatic heterocycles. The van der Waals surface area contributed by atoms with Crippen molar-refractivity contribution in [3.05, 3.63) is 0 Å². The van der Waals surface area contributed by atoms with Crippen molar-refractivity contribution in [2.75, 3.05) is 19.7 Å². The summed E-state index contributed by atoms with van der Waals surface area (Å²) in [4.78, 5) is 23.5. The molecular formula is C10H17NO3. The van der Waals surface area contributed by atoms with Crippen molar-refractivity contribution in [3.63, 3.8) is 0 Å². The highest BCUT2D eigenvalue weighted by atomic mass is 16.6. The van der Waals surface area contributed by atoms with Gasteiger partial charge in [0.05, 0.1) is 0 Å². The smallest absolute Gasteiger partial charge is 0.409 e. The van der Waals surface area contributed by atoms with Gasteiger partial charge in [-0.1, -0.05) is 6.92 Å². The number of likely N-dealkylation sites (tertiary alicyclic amines) is 1. The van der Waals surface area contributed by atoms with Crippen molar-refractivity contribution in [2.24, 2.45) is 5.92 Å². The summed E-state index contributed by atoms with van der Waals surface area (Å²) in [5.74, 6) is -0.151. The van der Waals surface area contributed by atoms with Gasteiger partial charge in [0, 0.05) is 19.0 Å². The molecule has 0 bridgehead atoms. The number of rotatable bonds is 4. The summed E-state index contributed by atoms with van der Waals surface area (Å²) in [5, 5.41) is 0. The summed E-state index contributed by atoms with van der Waals surface area (Å²) in [6.07, 6.45) is 3.40. The molecule has 4 heteroatoms. The molecule has 0 spiro atoms. The Bertz CT molecular complexity index is 200. The van der Waals surface area contributed by atoms with Crippen LogP contribution in [0.1, 0.15) is 26.2 Å². The van der Waals surface area contributed by atoms with E-state index in [1.165, 1.54) is 0 Å². The average molecular weight is 199 g/mol. The Balaban J connectivity index is 2.22. The maximum absolute atomic E-state index is 11.4. The SMILES string of the molecule is CCC(C=O)COC(=O)N1CCCC1. The fourth-order valence-electron chi connectivity index (χ4n) is 1.42. The molecule has 1 fully saturated rings. The topological polar surface area (TPSA) is 46.6 Å². The van der Waals surface area contributed by atoms with E-state index < -0.39 is 0 Å². The van der Waals surface area contributed by atoms with Gasteiger partial charge in [-0.25, -0.2) is 4.79 Å². The lowest BCUT2D eigenvalue weighted by Gasteiger charge is -2.16. The first kappa shape index (κ1) is 11.0. The highest BCUT2D eigenvalue weighted by Gasteiger charge is 2.19. The van der Waals surface area contributed by atoms with Gasteiger partial charge in [-0.2, -0.15) is 0 Å². The van der Waals surface area contributed by atoms with Gasteiger partial charge < -0.3 is 14.4 Å². The molecule has 1 unspecified atom stereocenters. The molecular weight excluding hydrogens is 182 g/mol. The molecule has 1 saturated heterocycles. The van der Waals surface area contributed by atoms with Crippen LogP contribution in [-0.4, -0.2) is 37.0 Å². The molecule has 0 saturated carbocycles. The Morgan fingerprint density at radius 2 is 2.14 bits per heavy atom. The highest BCUT2D eigenvalue weighted by Crippen LogP contribution is 2.09. The van der Waals surface area contributed by atoms with Crippen LogP contribution in [0.2, 0.25) is 0 Å². The van der Waals surface area contributed by atoms with Gasteiger partial charge in [0.15, 0.2) is 0 Å². The van der Waals surface area contributed by atoms with E-state index in [0.29, 0.717) is 0 Å². The first-order valence-corrected chi connectivity index (χ1v) is 5.15. The highest BCUT2D eigenvalue weighted by molar-refractivity contribution is 5.68. The molecule has 1 rings (SSSR count). The molecule has 4 nitrogen and oxygen atoms in total. The molecule has 0 radical (unpaired) electrons. The van der Waals surface area contributed by atoms with E-state index in [4.69, 9.17) is 4.74 Å². The quantitative estimate of drug-likeness (QED) is 0.644. The molecule has 1 atom stereocenters. The van der Waals surface area contributed by atoms with E-state index in [9.17, 15) is 9.59 Å². The Labute approximate surface area is 84.2 Å². The number of nitrogens with zero attached hydrogens (tertiary/aromatic N) is 1. The first-order valence-electron chi connectivity index (χ1n) is 5.15. The third-order valence-corrected chi connectivity index (χ3v) is 2.50. The minimum Gasteiger partial charge on any atom is -0.449 e. The summed E-state index contributed by atoms with van der Waals surface area (Å²) in [7, 11) is 0. The van der Waals surface area contributed by atoms with Crippen LogP contribution in [0.25, 0.3) is 0 Å². The number of carbonyl (C=O) groups excluding carboxylic acids is 2. The number of amides is 1. The van der Waals surface area contributed by atoms with Crippen LogP contribution >= 0.6 is 0 Å². The van der Waals surface area contributed by atoms with Gasteiger partial charge in [0.2, 0.25) is 0 Å². The van der Waals surface area contributed by atoms with Crippen LogP contribution in [-0.2, 0) is 9.53 Å². The van der Waals surface area contributed by atoms with Gasteiger partial charge in [-0.15, -0.1) is 0 Å². The zero-order chi connectivity index (χ0) is 10.4. The van der Waals surface area contributed by atoms with Gasteiger partial charge in [-0.05, 0) is 19.3 Å². The molecule has 1 heterocycles. The van der Waals surface area contributed by atoms with Gasteiger partial charge in [0.25, 0.3) is 0 Å². The van der Waals surface area contributed by atoms with Gasteiger partial charge >= 0.3 is 6.09 Å². The van der Waals surface area contributed by atoms with Crippen molar-refractivity contribution in [1.29, 1.82) is 0 Å². The number of ether oxygens (including phenoxy) is 1. The zero-order valence-corrected chi connectivity index (χ0v) is 8.57. The number of hydrogen-bond donors (Lipinski definition) is 0. The monoisotopic (exact) mass is 199 g/mol. The average Bonchev–Trinajstić information content (AvgIpc) is 2.72. The maximum atomic E-state index is 11.4. The van der Waals surface area contributed by atoms with Crippen LogP contribution in [0, 0.1) is 5.92 Å². The van der Waals surface area contributed by atoms with Crippen LogP contribution in [0.15, 0.2) is 0 Å². The van der Waals surface area contributed by atoms with Gasteiger partial charge in [0.1, 0.15) is 12.9 Å². The summed E-state index contributed by atoms with van der Waals surface area (Å²) in [6.45, 7) is 3.70. The van der Waals surface area contributed by atoms with Crippen molar-refractivity contribution < 1.29 is 14.3 Å². The largest absolute Gasteiger partial charge is 0.449 e. The fraction of sp³-hybridized carbons (Fsp3) is 0.800. The Kier molecular flexibility index (Phi) is 4.43. The lowest BCUT2D eigenvalue weighted by Crippen LogP contribution is -2.30. The number of hydrogen-bond acceptors (Lipinski definition) is 3. The van der Waals surface area contributed by atoms with Crippen LogP contribution in [0.5, 0.6) is 0 Å². The predicted molar refractivity (Wildman–Crippen MR) is 52.0 cm³/mol. The predicted octanol–water partition coefficient (Wildman–Crippen LogP) is 1.44. The summed E-state index contributed by atoms with van der Waals surface area (Å²) in [5.41, 5.74) is 0. The molecule has 14 heavy (non-hydrogen) atoms. The molecule has 80 valence electrons. The van der Waals surface area contributed by atoms with Crippen molar-refractivity contribution in [3.8, 4) is 0 Å². The van der Waals surface area contributed by atoms with E-state index in [1.807, 2.05) is 6.92 Å². The van der Waals surface area contributed by atoms with Crippen LogP contribution < -0.4 is 0 Å². The third kappa shape index (κ3) is 3.01. The van der Waals surface area contributed by atoms with E-state index in [2.05, 4.69) is 0 Å².